The standard InChI is InChI=1S/C7H7BrO.C3H7Br/c1-9-7-4-2-6(8)3-5-7;1-2-3-4/h2-5H,1H3;2-3H2,1H3. The van der Waals surface area contributed by atoms with Crippen molar-refractivity contribution in [2.75, 3.05) is 12.4 Å². The molecule has 3 heteroatoms. The average molecular weight is 310 g/mol. The quantitative estimate of drug-likeness (QED) is 0.742. The van der Waals surface area contributed by atoms with Crippen LogP contribution in [-0.2, 0) is 0 Å². The number of methoxy groups -OCH3 is 1. The van der Waals surface area contributed by atoms with E-state index in [0.29, 0.717) is 0 Å². The van der Waals surface area contributed by atoms with Crippen LogP contribution in [0.1, 0.15) is 13.3 Å². The van der Waals surface area contributed by atoms with E-state index in [-0.39, 0.29) is 0 Å². The van der Waals surface area contributed by atoms with E-state index in [4.69, 9.17) is 4.74 Å². The van der Waals surface area contributed by atoms with Crippen molar-refractivity contribution in [2.45, 2.75) is 13.3 Å². The number of alkyl halides is 1. The topological polar surface area (TPSA) is 9.23 Å². The van der Waals surface area contributed by atoms with Gasteiger partial charge in [0.1, 0.15) is 5.75 Å². The lowest BCUT2D eigenvalue weighted by Crippen LogP contribution is -1.79. The van der Waals surface area contributed by atoms with E-state index in [1.807, 2.05) is 24.3 Å². The molecule has 0 radical (unpaired) electrons. The predicted octanol–water partition coefficient (Wildman–Crippen LogP) is 4.25. The molecule has 0 saturated carbocycles. The first-order chi connectivity index (χ1) is 6.24. The number of ether oxygens (including phenoxy) is 1. The van der Waals surface area contributed by atoms with Crippen LogP contribution in [-0.4, -0.2) is 12.4 Å². The normalized spacial score (nSPS) is 8.62. The fourth-order valence-corrected chi connectivity index (χ4v) is 0.835. The van der Waals surface area contributed by atoms with Crippen molar-refractivity contribution < 1.29 is 4.74 Å². The molecule has 1 rings (SSSR count). The highest BCUT2D eigenvalue weighted by molar-refractivity contribution is 9.10. The second kappa shape index (κ2) is 8.57. The van der Waals surface area contributed by atoms with Crippen LogP contribution in [0, 0.1) is 0 Å². The van der Waals surface area contributed by atoms with E-state index in [1.54, 1.807) is 7.11 Å². The molecular formula is C10H14Br2O. The molecule has 1 aromatic carbocycles. The van der Waals surface area contributed by atoms with E-state index >= 15 is 0 Å². The average Bonchev–Trinajstić information content (AvgIpc) is 2.19. The van der Waals surface area contributed by atoms with Gasteiger partial charge in [-0.15, -0.1) is 0 Å². The number of rotatable bonds is 2. The Hall–Kier alpha value is -0.0200. The Morgan fingerprint density at radius 3 is 2.00 bits per heavy atom. The van der Waals surface area contributed by atoms with Gasteiger partial charge in [0.05, 0.1) is 7.11 Å². The third-order valence-corrected chi connectivity index (χ3v) is 2.56. The summed E-state index contributed by atoms with van der Waals surface area (Å²) in [5.74, 6) is 0.887. The van der Waals surface area contributed by atoms with E-state index in [2.05, 4.69) is 38.8 Å². The second-order valence-electron chi connectivity index (χ2n) is 2.35. The first-order valence-electron chi connectivity index (χ1n) is 4.10. The van der Waals surface area contributed by atoms with Gasteiger partial charge in [-0.3, -0.25) is 0 Å². The van der Waals surface area contributed by atoms with Gasteiger partial charge in [0.2, 0.25) is 0 Å². The summed E-state index contributed by atoms with van der Waals surface area (Å²) < 4.78 is 6.02. The molecular weight excluding hydrogens is 296 g/mol. The molecule has 0 aliphatic carbocycles. The van der Waals surface area contributed by atoms with Crippen LogP contribution >= 0.6 is 31.9 Å². The molecule has 1 aromatic rings. The molecule has 0 aliphatic rings. The summed E-state index contributed by atoms with van der Waals surface area (Å²) in [4.78, 5) is 0. The number of benzene rings is 1. The van der Waals surface area contributed by atoms with Crippen LogP contribution in [0.4, 0.5) is 0 Å². The van der Waals surface area contributed by atoms with E-state index in [9.17, 15) is 0 Å². The first-order valence-corrected chi connectivity index (χ1v) is 6.01. The molecule has 0 spiro atoms. The molecule has 0 saturated heterocycles. The summed E-state index contributed by atoms with van der Waals surface area (Å²) in [7, 11) is 1.66. The van der Waals surface area contributed by atoms with E-state index < -0.39 is 0 Å². The van der Waals surface area contributed by atoms with Gasteiger partial charge < -0.3 is 4.74 Å². The van der Waals surface area contributed by atoms with Crippen molar-refractivity contribution in [1.29, 1.82) is 0 Å². The molecule has 0 fully saturated rings. The van der Waals surface area contributed by atoms with Crippen LogP contribution in [0.2, 0.25) is 0 Å². The van der Waals surface area contributed by atoms with Gasteiger partial charge in [0.25, 0.3) is 0 Å². The molecule has 1 nitrogen and oxygen atoms in total. The third-order valence-electron chi connectivity index (χ3n) is 1.24. The van der Waals surface area contributed by atoms with Crippen LogP contribution < -0.4 is 4.74 Å². The molecule has 0 atom stereocenters. The molecule has 0 N–H and O–H groups in total. The fourth-order valence-electron chi connectivity index (χ4n) is 0.571. The molecule has 13 heavy (non-hydrogen) atoms. The Bertz CT molecular complexity index is 207. The van der Waals surface area contributed by atoms with Crippen LogP contribution in [0.15, 0.2) is 28.7 Å². The van der Waals surface area contributed by atoms with Crippen LogP contribution in [0.5, 0.6) is 5.75 Å². The van der Waals surface area contributed by atoms with Crippen molar-refractivity contribution >= 4 is 31.9 Å². The Morgan fingerprint density at radius 1 is 1.23 bits per heavy atom. The zero-order valence-corrected chi connectivity index (χ0v) is 11.1. The lowest BCUT2D eigenvalue weighted by molar-refractivity contribution is 0.414. The van der Waals surface area contributed by atoms with Crippen molar-refractivity contribution in [2.24, 2.45) is 0 Å². The monoisotopic (exact) mass is 308 g/mol. The number of hydrogen-bond acceptors (Lipinski definition) is 1. The second-order valence-corrected chi connectivity index (χ2v) is 4.06. The van der Waals surface area contributed by atoms with E-state index in [1.165, 1.54) is 6.42 Å². The van der Waals surface area contributed by atoms with Crippen LogP contribution in [0.25, 0.3) is 0 Å². The maximum Gasteiger partial charge on any atom is 0.118 e. The molecule has 0 bridgehead atoms. The Kier molecular flexibility index (Phi) is 8.56. The lowest BCUT2D eigenvalue weighted by Gasteiger charge is -1.96. The SMILES string of the molecule is CCCBr.COc1ccc(Br)cc1. The van der Waals surface area contributed by atoms with Crippen molar-refractivity contribution in [1.82, 2.24) is 0 Å². The number of halogens is 2. The third kappa shape index (κ3) is 7.08. The predicted molar refractivity (Wildman–Crippen MR) is 64.8 cm³/mol. The summed E-state index contributed by atoms with van der Waals surface area (Å²) in [5.41, 5.74) is 0. The van der Waals surface area contributed by atoms with Gasteiger partial charge in [0.15, 0.2) is 0 Å². The maximum atomic E-state index is 4.95. The molecule has 0 aromatic heterocycles. The summed E-state index contributed by atoms with van der Waals surface area (Å²) in [6.45, 7) is 2.13. The minimum atomic E-state index is 0.887. The van der Waals surface area contributed by atoms with Crippen molar-refractivity contribution in [3.63, 3.8) is 0 Å². The molecule has 74 valence electrons. The van der Waals surface area contributed by atoms with Crippen LogP contribution in [0.3, 0.4) is 0 Å². The highest BCUT2D eigenvalue weighted by Crippen LogP contribution is 2.14. The summed E-state index contributed by atoms with van der Waals surface area (Å²) >= 11 is 6.57. The van der Waals surface area contributed by atoms with Crippen molar-refractivity contribution in [3.8, 4) is 5.75 Å². The minimum absolute atomic E-state index is 0.887. The highest BCUT2D eigenvalue weighted by Gasteiger charge is 1.86. The summed E-state index contributed by atoms with van der Waals surface area (Å²) in [6, 6.07) is 7.70. The molecule has 0 heterocycles. The minimum Gasteiger partial charge on any atom is -0.497 e. The zero-order valence-electron chi connectivity index (χ0n) is 7.89. The van der Waals surface area contributed by atoms with Gasteiger partial charge in [-0.2, -0.15) is 0 Å². The zero-order chi connectivity index (χ0) is 10.1. The van der Waals surface area contributed by atoms with E-state index in [0.717, 1.165) is 15.6 Å². The lowest BCUT2D eigenvalue weighted by atomic mass is 10.3. The largest absolute Gasteiger partial charge is 0.497 e. The number of hydrogen-bond donors (Lipinski definition) is 0. The highest BCUT2D eigenvalue weighted by atomic mass is 79.9. The van der Waals surface area contributed by atoms with Gasteiger partial charge >= 0.3 is 0 Å². The van der Waals surface area contributed by atoms with Gasteiger partial charge in [-0.25, -0.2) is 0 Å². The first kappa shape index (κ1) is 13.0. The Morgan fingerprint density at radius 2 is 1.69 bits per heavy atom. The Balaban J connectivity index is 0.000000310. The molecule has 0 unspecified atom stereocenters. The summed E-state index contributed by atoms with van der Waals surface area (Å²) in [6.07, 6.45) is 1.24. The molecule has 0 amide bonds. The fraction of sp³-hybridized carbons (Fsp3) is 0.400. The molecule has 0 aliphatic heterocycles. The van der Waals surface area contributed by atoms with Gasteiger partial charge in [0, 0.05) is 9.80 Å². The van der Waals surface area contributed by atoms with Crippen molar-refractivity contribution in [3.05, 3.63) is 28.7 Å². The van der Waals surface area contributed by atoms with Gasteiger partial charge in [-0.05, 0) is 30.7 Å². The maximum absolute atomic E-state index is 4.95. The summed E-state index contributed by atoms with van der Waals surface area (Å²) in [5, 5.41) is 1.13. The smallest absolute Gasteiger partial charge is 0.118 e. The van der Waals surface area contributed by atoms with Gasteiger partial charge in [-0.1, -0.05) is 38.8 Å². The Labute approximate surface area is 96.7 Å².